The topological polar surface area (TPSA) is 32.3 Å². The zero-order valence-corrected chi connectivity index (χ0v) is 11.7. The van der Waals surface area contributed by atoms with E-state index >= 15 is 0 Å². The van der Waals surface area contributed by atoms with Crippen LogP contribution in [-0.2, 0) is 0 Å². The fourth-order valence-electron chi connectivity index (χ4n) is 2.24. The van der Waals surface area contributed by atoms with Crippen molar-refractivity contribution in [3.63, 3.8) is 0 Å². The molecule has 1 aromatic carbocycles. The van der Waals surface area contributed by atoms with Crippen LogP contribution in [0.4, 0.5) is 4.39 Å². The van der Waals surface area contributed by atoms with Gasteiger partial charge in [-0.3, -0.25) is 0 Å². The lowest BCUT2D eigenvalue weighted by molar-refractivity contribution is 0.377. The summed E-state index contributed by atoms with van der Waals surface area (Å²) in [7, 11) is 0. The third kappa shape index (κ3) is 4.30. The van der Waals surface area contributed by atoms with E-state index in [1.54, 1.807) is 6.07 Å². The van der Waals surface area contributed by atoms with Crippen molar-refractivity contribution in [3.05, 3.63) is 29.6 Å². The van der Waals surface area contributed by atoms with Crippen molar-refractivity contribution in [2.75, 3.05) is 0 Å². The molecule has 0 heterocycles. The summed E-state index contributed by atoms with van der Waals surface area (Å²) < 4.78 is 12.9. The number of aromatic hydroxyl groups is 1. The normalized spacial score (nSPS) is 16.3. The van der Waals surface area contributed by atoms with Crippen molar-refractivity contribution >= 4 is 0 Å². The smallest absolute Gasteiger partial charge is 0.126 e. The monoisotopic (exact) mass is 253 g/mol. The molecular weight excluding hydrogens is 229 g/mol. The second-order valence-electron chi connectivity index (χ2n) is 5.24. The Morgan fingerprint density at radius 1 is 1.28 bits per heavy atom. The largest absolute Gasteiger partial charge is 0.508 e. The Bertz CT molecular complexity index is 381. The summed E-state index contributed by atoms with van der Waals surface area (Å²) in [5.41, 5.74) is 0.743. The van der Waals surface area contributed by atoms with Gasteiger partial charge < -0.3 is 10.4 Å². The van der Waals surface area contributed by atoms with Crippen LogP contribution in [0.25, 0.3) is 0 Å². The highest BCUT2D eigenvalue weighted by Gasteiger charge is 2.14. The van der Waals surface area contributed by atoms with Crippen LogP contribution in [0.1, 0.15) is 52.1 Å². The lowest BCUT2D eigenvalue weighted by Crippen LogP contribution is -2.30. The molecule has 0 amide bonds. The minimum Gasteiger partial charge on any atom is -0.508 e. The molecule has 3 unspecified atom stereocenters. The maximum absolute atomic E-state index is 12.9. The number of benzene rings is 1. The van der Waals surface area contributed by atoms with E-state index in [1.807, 2.05) is 6.92 Å². The van der Waals surface area contributed by atoms with Gasteiger partial charge in [-0.1, -0.05) is 26.3 Å². The fraction of sp³-hybridized carbons (Fsp3) is 0.600. The molecule has 2 nitrogen and oxygen atoms in total. The Hall–Kier alpha value is -1.09. The molecule has 0 bridgehead atoms. The summed E-state index contributed by atoms with van der Waals surface area (Å²) in [6.45, 7) is 8.55. The number of phenols is 1. The van der Waals surface area contributed by atoms with Crippen molar-refractivity contribution in [1.82, 2.24) is 5.32 Å². The minimum atomic E-state index is -0.406. The second kappa shape index (κ2) is 6.74. The first-order valence-corrected chi connectivity index (χ1v) is 6.68. The van der Waals surface area contributed by atoms with Crippen LogP contribution in [0.5, 0.6) is 5.75 Å². The van der Waals surface area contributed by atoms with Gasteiger partial charge in [0.05, 0.1) is 0 Å². The van der Waals surface area contributed by atoms with Crippen LogP contribution in [0.2, 0.25) is 0 Å². The molecule has 1 rings (SSSR count). The highest BCUT2D eigenvalue weighted by atomic mass is 19.1. The number of halogens is 1. The van der Waals surface area contributed by atoms with Crippen LogP contribution < -0.4 is 5.32 Å². The number of hydrogen-bond donors (Lipinski definition) is 2. The Labute approximate surface area is 109 Å². The van der Waals surface area contributed by atoms with Gasteiger partial charge in [0.15, 0.2) is 0 Å². The molecule has 0 aliphatic heterocycles. The summed E-state index contributed by atoms with van der Waals surface area (Å²) in [6, 6.07) is 4.57. The van der Waals surface area contributed by atoms with Gasteiger partial charge >= 0.3 is 0 Å². The second-order valence-corrected chi connectivity index (χ2v) is 5.24. The van der Waals surface area contributed by atoms with E-state index in [1.165, 1.54) is 12.5 Å². The van der Waals surface area contributed by atoms with Crippen LogP contribution in [0, 0.1) is 11.7 Å². The van der Waals surface area contributed by atoms with Crippen molar-refractivity contribution in [1.29, 1.82) is 0 Å². The summed E-state index contributed by atoms with van der Waals surface area (Å²) >= 11 is 0. The Balaban J connectivity index is 2.61. The summed E-state index contributed by atoms with van der Waals surface area (Å²) in [6.07, 6.45) is 2.27. The lowest BCUT2D eigenvalue weighted by Gasteiger charge is -2.23. The van der Waals surface area contributed by atoms with Crippen LogP contribution in [0.3, 0.4) is 0 Å². The minimum absolute atomic E-state index is 0.0182. The first-order valence-electron chi connectivity index (χ1n) is 6.68. The summed E-state index contributed by atoms with van der Waals surface area (Å²) in [4.78, 5) is 0. The highest BCUT2D eigenvalue weighted by Crippen LogP contribution is 2.25. The molecule has 0 aliphatic carbocycles. The molecule has 0 saturated heterocycles. The van der Waals surface area contributed by atoms with Gasteiger partial charge in [-0.05, 0) is 32.3 Å². The number of nitrogens with one attached hydrogen (secondary N) is 1. The number of rotatable bonds is 6. The standard InChI is InChI=1S/C15H24FNO/c1-5-10(2)8-11(3)17-12(4)14-7-6-13(16)9-15(14)18/h6-7,9-12,17-18H,5,8H2,1-4H3. The van der Waals surface area contributed by atoms with Crippen LogP contribution in [-0.4, -0.2) is 11.1 Å². The van der Waals surface area contributed by atoms with Crippen LogP contribution >= 0.6 is 0 Å². The van der Waals surface area contributed by atoms with E-state index in [2.05, 4.69) is 26.1 Å². The quantitative estimate of drug-likeness (QED) is 0.803. The molecule has 3 heteroatoms. The van der Waals surface area contributed by atoms with Crippen LogP contribution in [0.15, 0.2) is 18.2 Å². The lowest BCUT2D eigenvalue weighted by atomic mass is 9.99. The Kier molecular flexibility index (Phi) is 5.60. The summed E-state index contributed by atoms with van der Waals surface area (Å²) in [5.74, 6) is 0.295. The van der Waals surface area contributed by atoms with Gasteiger partial charge in [-0.25, -0.2) is 4.39 Å². The zero-order valence-electron chi connectivity index (χ0n) is 11.7. The molecule has 0 aromatic heterocycles. The van der Waals surface area contributed by atoms with Gasteiger partial charge in [-0.2, -0.15) is 0 Å². The number of hydrogen-bond acceptors (Lipinski definition) is 2. The molecular formula is C15H24FNO. The molecule has 102 valence electrons. The predicted octanol–water partition coefficient (Wildman–Crippen LogP) is 4.01. The van der Waals surface area contributed by atoms with E-state index in [9.17, 15) is 9.50 Å². The van der Waals surface area contributed by atoms with Crippen molar-refractivity contribution < 1.29 is 9.50 Å². The molecule has 0 saturated carbocycles. The SMILES string of the molecule is CCC(C)CC(C)NC(C)c1ccc(F)cc1O. The van der Waals surface area contributed by atoms with E-state index < -0.39 is 5.82 Å². The highest BCUT2D eigenvalue weighted by molar-refractivity contribution is 5.34. The number of phenolic OH excluding ortho intramolecular Hbond substituents is 1. The van der Waals surface area contributed by atoms with Gasteiger partial charge in [0, 0.05) is 23.7 Å². The maximum Gasteiger partial charge on any atom is 0.126 e. The van der Waals surface area contributed by atoms with E-state index in [0.717, 1.165) is 18.1 Å². The van der Waals surface area contributed by atoms with E-state index in [4.69, 9.17) is 0 Å². The average Bonchev–Trinajstić information content (AvgIpc) is 2.28. The fourth-order valence-corrected chi connectivity index (χ4v) is 2.24. The van der Waals surface area contributed by atoms with Gasteiger partial charge in [-0.15, -0.1) is 0 Å². The molecule has 2 N–H and O–H groups in total. The first-order chi connectivity index (χ1) is 8.43. The van der Waals surface area contributed by atoms with Gasteiger partial charge in [0.1, 0.15) is 11.6 Å². The van der Waals surface area contributed by atoms with Crippen molar-refractivity contribution in [3.8, 4) is 5.75 Å². The molecule has 1 aromatic rings. The van der Waals surface area contributed by atoms with Gasteiger partial charge in [0.2, 0.25) is 0 Å². The third-order valence-electron chi connectivity index (χ3n) is 3.45. The van der Waals surface area contributed by atoms with Crippen molar-refractivity contribution in [2.45, 2.75) is 52.6 Å². The third-order valence-corrected chi connectivity index (χ3v) is 3.45. The Morgan fingerprint density at radius 3 is 2.50 bits per heavy atom. The van der Waals surface area contributed by atoms with E-state index in [0.29, 0.717) is 12.0 Å². The van der Waals surface area contributed by atoms with Crippen molar-refractivity contribution in [2.24, 2.45) is 5.92 Å². The predicted molar refractivity (Wildman–Crippen MR) is 73.1 cm³/mol. The molecule has 0 spiro atoms. The molecule has 0 radical (unpaired) electrons. The van der Waals surface area contributed by atoms with Gasteiger partial charge in [0.25, 0.3) is 0 Å². The first kappa shape index (κ1) is 15.0. The molecule has 0 fully saturated rings. The average molecular weight is 253 g/mol. The summed E-state index contributed by atoms with van der Waals surface area (Å²) in [5, 5.41) is 13.2. The molecule has 0 aliphatic rings. The molecule has 3 atom stereocenters. The van der Waals surface area contributed by atoms with E-state index in [-0.39, 0.29) is 11.8 Å². The Morgan fingerprint density at radius 2 is 1.94 bits per heavy atom. The maximum atomic E-state index is 12.9. The zero-order chi connectivity index (χ0) is 13.7. The molecule has 18 heavy (non-hydrogen) atoms.